The van der Waals surface area contributed by atoms with Crippen LogP contribution in [0.15, 0.2) is 60.9 Å². The maximum atomic E-state index is 5.54. The van der Waals surface area contributed by atoms with Crippen LogP contribution in [0.2, 0.25) is 0 Å². The van der Waals surface area contributed by atoms with Gasteiger partial charge in [-0.15, -0.1) is 0 Å². The lowest BCUT2D eigenvalue weighted by atomic mass is 9.96. The van der Waals surface area contributed by atoms with Crippen molar-refractivity contribution in [2.45, 2.75) is 12.8 Å². The first-order chi connectivity index (χ1) is 9.76. The minimum absolute atomic E-state index is 0.286. The Balaban J connectivity index is 2.36. The smallest absolute Gasteiger partial charge is 0.126 e. The molecule has 0 aromatic heterocycles. The third-order valence-electron chi connectivity index (χ3n) is 3.34. The molecule has 2 aromatic carbocycles. The second-order valence-electron chi connectivity index (χ2n) is 4.68. The van der Waals surface area contributed by atoms with Crippen molar-refractivity contribution < 1.29 is 9.47 Å². The number of methoxy groups -OCH3 is 2. The highest BCUT2D eigenvalue weighted by atomic mass is 16.5. The van der Waals surface area contributed by atoms with Crippen LogP contribution in [0.5, 0.6) is 5.75 Å². The summed E-state index contributed by atoms with van der Waals surface area (Å²) in [6.07, 6.45) is 3.74. The Morgan fingerprint density at radius 1 is 1.00 bits per heavy atom. The van der Waals surface area contributed by atoms with Crippen LogP contribution in [0.25, 0.3) is 11.1 Å². The number of hydrogen-bond acceptors (Lipinski definition) is 2. The molecule has 0 bridgehead atoms. The molecule has 2 nitrogen and oxygen atoms in total. The molecule has 1 atom stereocenters. The van der Waals surface area contributed by atoms with Crippen molar-refractivity contribution in [3.8, 4) is 16.9 Å². The van der Waals surface area contributed by atoms with Gasteiger partial charge in [-0.2, -0.15) is 0 Å². The molecule has 2 rings (SSSR count). The van der Waals surface area contributed by atoms with Crippen LogP contribution in [0.1, 0.15) is 18.4 Å². The van der Waals surface area contributed by atoms with Crippen molar-refractivity contribution in [2.24, 2.45) is 0 Å². The first kappa shape index (κ1) is 14.2. The van der Waals surface area contributed by atoms with Crippen LogP contribution in [0, 0.1) is 0 Å². The summed E-state index contributed by atoms with van der Waals surface area (Å²) < 4.78 is 10.5. The number of ether oxygens (including phenoxy) is 2. The van der Waals surface area contributed by atoms with E-state index in [-0.39, 0.29) is 5.92 Å². The zero-order valence-electron chi connectivity index (χ0n) is 12.2. The van der Waals surface area contributed by atoms with Crippen LogP contribution < -0.4 is 4.74 Å². The lowest BCUT2D eigenvalue weighted by molar-refractivity contribution is 0.336. The molecular formula is C18H20O2. The molecule has 0 N–H and O–H groups in total. The third-order valence-corrected chi connectivity index (χ3v) is 3.34. The van der Waals surface area contributed by atoms with Gasteiger partial charge in [0.15, 0.2) is 0 Å². The molecule has 0 radical (unpaired) electrons. The van der Waals surface area contributed by atoms with E-state index < -0.39 is 0 Å². The fraction of sp³-hybridized carbons (Fsp3) is 0.222. The van der Waals surface area contributed by atoms with E-state index in [9.17, 15) is 0 Å². The first-order valence-electron chi connectivity index (χ1n) is 6.69. The lowest BCUT2D eigenvalue weighted by Gasteiger charge is -2.13. The van der Waals surface area contributed by atoms with Gasteiger partial charge in [-0.05, 0) is 23.3 Å². The van der Waals surface area contributed by atoms with Crippen LogP contribution in [-0.4, -0.2) is 14.2 Å². The third kappa shape index (κ3) is 3.21. The highest BCUT2D eigenvalue weighted by Gasteiger charge is 2.09. The molecule has 2 aromatic rings. The summed E-state index contributed by atoms with van der Waals surface area (Å²) in [7, 11) is 3.36. The normalized spacial score (nSPS) is 12.3. The van der Waals surface area contributed by atoms with E-state index in [0.717, 1.165) is 16.9 Å². The van der Waals surface area contributed by atoms with Gasteiger partial charge in [-0.1, -0.05) is 49.4 Å². The second-order valence-corrected chi connectivity index (χ2v) is 4.68. The van der Waals surface area contributed by atoms with Gasteiger partial charge in [0.1, 0.15) is 5.75 Å². The largest absolute Gasteiger partial charge is 0.505 e. The summed E-state index contributed by atoms with van der Waals surface area (Å²) >= 11 is 0. The Kier molecular flexibility index (Phi) is 4.83. The molecule has 0 aliphatic carbocycles. The van der Waals surface area contributed by atoms with Crippen molar-refractivity contribution in [2.75, 3.05) is 14.2 Å². The molecule has 0 aliphatic rings. The SMILES string of the molecule is CO/C=C/C(C)c1ccc(-c2ccccc2)c(OC)c1. The molecule has 104 valence electrons. The van der Waals surface area contributed by atoms with Crippen molar-refractivity contribution >= 4 is 0 Å². The molecule has 0 spiro atoms. The van der Waals surface area contributed by atoms with Crippen LogP contribution in [0.4, 0.5) is 0 Å². The van der Waals surface area contributed by atoms with Gasteiger partial charge in [-0.25, -0.2) is 0 Å². The highest BCUT2D eigenvalue weighted by Crippen LogP contribution is 2.33. The summed E-state index contributed by atoms with van der Waals surface area (Å²) in [5.74, 6) is 1.18. The summed E-state index contributed by atoms with van der Waals surface area (Å²) in [5.41, 5.74) is 3.48. The van der Waals surface area contributed by atoms with Gasteiger partial charge in [-0.3, -0.25) is 0 Å². The number of benzene rings is 2. The van der Waals surface area contributed by atoms with Crippen LogP contribution in [0.3, 0.4) is 0 Å². The summed E-state index contributed by atoms with van der Waals surface area (Å²) in [6, 6.07) is 16.6. The van der Waals surface area contributed by atoms with Crippen molar-refractivity contribution in [1.29, 1.82) is 0 Å². The monoisotopic (exact) mass is 268 g/mol. The van der Waals surface area contributed by atoms with E-state index in [1.807, 2.05) is 24.3 Å². The van der Waals surface area contributed by atoms with Gasteiger partial charge in [0, 0.05) is 11.5 Å². The average molecular weight is 268 g/mol. The maximum absolute atomic E-state index is 5.54. The Labute approximate surface area is 120 Å². The van der Waals surface area contributed by atoms with Gasteiger partial charge in [0.2, 0.25) is 0 Å². The maximum Gasteiger partial charge on any atom is 0.126 e. The van der Waals surface area contributed by atoms with Crippen molar-refractivity contribution in [1.82, 2.24) is 0 Å². The average Bonchev–Trinajstić information content (AvgIpc) is 2.52. The van der Waals surface area contributed by atoms with E-state index in [2.05, 4.69) is 37.3 Å². The van der Waals surface area contributed by atoms with Gasteiger partial charge in [0.25, 0.3) is 0 Å². The Bertz CT molecular complexity index is 573. The predicted molar refractivity (Wildman–Crippen MR) is 83.0 cm³/mol. The van der Waals surface area contributed by atoms with E-state index in [1.54, 1.807) is 20.5 Å². The van der Waals surface area contributed by atoms with Crippen molar-refractivity contribution in [3.63, 3.8) is 0 Å². The molecule has 0 aliphatic heterocycles. The summed E-state index contributed by atoms with van der Waals surface area (Å²) in [5, 5.41) is 0. The molecule has 0 fully saturated rings. The van der Waals surface area contributed by atoms with E-state index in [0.29, 0.717) is 0 Å². The summed E-state index contributed by atoms with van der Waals surface area (Å²) in [4.78, 5) is 0. The molecule has 20 heavy (non-hydrogen) atoms. The number of hydrogen-bond donors (Lipinski definition) is 0. The van der Waals surface area contributed by atoms with E-state index in [4.69, 9.17) is 9.47 Å². The fourth-order valence-electron chi connectivity index (χ4n) is 2.15. The minimum Gasteiger partial charge on any atom is -0.505 e. The minimum atomic E-state index is 0.286. The first-order valence-corrected chi connectivity index (χ1v) is 6.69. The van der Waals surface area contributed by atoms with Gasteiger partial charge in [0.05, 0.1) is 20.5 Å². The standard InChI is InChI=1S/C18H20O2/c1-14(11-12-19-2)16-9-10-17(18(13-16)20-3)15-7-5-4-6-8-15/h4-14H,1-3H3/b12-11+. The molecule has 0 heterocycles. The predicted octanol–water partition coefficient (Wildman–Crippen LogP) is 4.63. The van der Waals surface area contributed by atoms with Crippen LogP contribution >= 0.6 is 0 Å². The zero-order valence-corrected chi connectivity index (χ0v) is 12.2. The molecule has 0 amide bonds. The summed E-state index contributed by atoms with van der Waals surface area (Å²) in [6.45, 7) is 2.13. The quantitative estimate of drug-likeness (QED) is 0.736. The van der Waals surface area contributed by atoms with Crippen LogP contribution in [-0.2, 0) is 4.74 Å². The van der Waals surface area contributed by atoms with E-state index in [1.165, 1.54) is 5.56 Å². The Morgan fingerprint density at radius 2 is 1.75 bits per heavy atom. The zero-order chi connectivity index (χ0) is 14.4. The highest BCUT2D eigenvalue weighted by molar-refractivity contribution is 5.71. The second kappa shape index (κ2) is 6.80. The number of rotatable bonds is 5. The lowest BCUT2D eigenvalue weighted by Crippen LogP contribution is -1.94. The molecular weight excluding hydrogens is 248 g/mol. The Morgan fingerprint density at radius 3 is 2.40 bits per heavy atom. The number of allylic oxidation sites excluding steroid dienone is 1. The molecule has 0 saturated heterocycles. The van der Waals surface area contributed by atoms with E-state index >= 15 is 0 Å². The molecule has 2 heteroatoms. The topological polar surface area (TPSA) is 18.5 Å². The molecule has 0 saturated carbocycles. The van der Waals surface area contributed by atoms with Gasteiger partial charge >= 0.3 is 0 Å². The molecule has 1 unspecified atom stereocenters. The van der Waals surface area contributed by atoms with Gasteiger partial charge < -0.3 is 9.47 Å². The fourth-order valence-corrected chi connectivity index (χ4v) is 2.15. The van der Waals surface area contributed by atoms with Crippen molar-refractivity contribution in [3.05, 3.63) is 66.4 Å². The Hall–Kier alpha value is -2.22.